The predicted octanol–water partition coefficient (Wildman–Crippen LogP) is 3.99. The number of nitrogens with one attached hydrogen (secondary N) is 1. The van der Waals surface area contributed by atoms with Gasteiger partial charge in [0.2, 0.25) is 5.89 Å². The van der Waals surface area contributed by atoms with Crippen molar-refractivity contribution in [3.63, 3.8) is 0 Å². The summed E-state index contributed by atoms with van der Waals surface area (Å²) in [6.07, 6.45) is 0.592. The zero-order chi connectivity index (χ0) is 20.6. The SMILES string of the molecule is CCc1nnc(-c2c(C)c(S(=O)(=O)Nc3ccc(F)cc3C)c(C)n2CC)o1. The number of anilines is 1. The maximum atomic E-state index is 13.3. The number of rotatable bonds is 6. The van der Waals surface area contributed by atoms with Crippen molar-refractivity contribution in [2.24, 2.45) is 0 Å². The Morgan fingerprint density at radius 1 is 1.18 bits per heavy atom. The van der Waals surface area contributed by atoms with Gasteiger partial charge in [-0.1, -0.05) is 6.92 Å². The first-order valence-electron chi connectivity index (χ1n) is 9.01. The topological polar surface area (TPSA) is 90.0 Å². The lowest BCUT2D eigenvalue weighted by molar-refractivity contribution is 0.507. The Kier molecular flexibility index (Phi) is 5.29. The molecule has 0 fully saturated rings. The van der Waals surface area contributed by atoms with Gasteiger partial charge in [0, 0.05) is 24.2 Å². The van der Waals surface area contributed by atoms with Crippen molar-refractivity contribution in [2.75, 3.05) is 4.72 Å². The Morgan fingerprint density at radius 2 is 1.89 bits per heavy atom. The molecule has 3 rings (SSSR count). The van der Waals surface area contributed by atoms with Crippen molar-refractivity contribution < 1.29 is 17.2 Å². The molecular formula is C19H23FN4O3S. The maximum absolute atomic E-state index is 13.3. The van der Waals surface area contributed by atoms with Crippen LogP contribution >= 0.6 is 0 Å². The van der Waals surface area contributed by atoms with E-state index in [0.29, 0.717) is 52.9 Å². The summed E-state index contributed by atoms with van der Waals surface area (Å²) in [7, 11) is -3.91. The van der Waals surface area contributed by atoms with Crippen LogP contribution in [-0.4, -0.2) is 23.2 Å². The second kappa shape index (κ2) is 7.38. The minimum atomic E-state index is -3.91. The summed E-state index contributed by atoms with van der Waals surface area (Å²) in [6.45, 7) is 9.46. The minimum Gasteiger partial charge on any atom is -0.419 e. The molecule has 0 aliphatic carbocycles. The van der Waals surface area contributed by atoms with Crippen LogP contribution in [0.2, 0.25) is 0 Å². The number of sulfonamides is 1. The van der Waals surface area contributed by atoms with E-state index in [0.717, 1.165) is 0 Å². The van der Waals surface area contributed by atoms with Crippen molar-refractivity contribution in [2.45, 2.75) is 52.5 Å². The average molecular weight is 406 g/mol. The number of halogens is 1. The van der Waals surface area contributed by atoms with Crippen LogP contribution in [0.1, 0.15) is 36.6 Å². The molecule has 150 valence electrons. The average Bonchev–Trinajstić information content (AvgIpc) is 3.19. The highest BCUT2D eigenvalue weighted by molar-refractivity contribution is 7.92. The molecular weight excluding hydrogens is 383 g/mol. The highest BCUT2D eigenvalue weighted by Gasteiger charge is 2.30. The summed E-state index contributed by atoms with van der Waals surface area (Å²) in [4.78, 5) is 0.157. The summed E-state index contributed by atoms with van der Waals surface area (Å²) >= 11 is 0. The zero-order valence-corrected chi connectivity index (χ0v) is 17.3. The molecule has 2 heterocycles. The van der Waals surface area contributed by atoms with Crippen LogP contribution < -0.4 is 4.72 Å². The summed E-state index contributed by atoms with van der Waals surface area (Å²) in [6, 6.07) is 3.92. The first kappa shape index (κ1) is 20.1. The molecule has 2 aromatic heterocycles. The van der Waals surface area contributed by atoms with Gasteiger partial charge in [-0.15, -0.1) is 10.2 Å². The quantitative estimate of drug-likeness (QED) is 0.669. The molecule has 0 unspecified atom stereocenters. The van der Waals surface area contributed by atoms with E-state index >= 15 is 0 Å². The molecule has 0 atom stereocenters. The fourth-order valence-electron chi connectivity index (χ4n) is 3.37. The van der Waals surface area contributed by atoms with Crippen molar-refractivity contribution in [1.29, 1.82) is 0 Å². The highest BCUT2D eigenvalue weighted by Crippen LogP contribution is 2.34. The first-order valence-corrected chi connectivity index (χ1v) is 10.5. The molecule has 0 saturated carbocycles. The van der Waals surface area contributed by atoms with Crippen molar-refractivity contribution in [1.82, 2.24) is 14.8 Å². The van der Waals surface area contributed by atoms with Crippen LogP contribution in [0.4, 0.5) is 10.1 Å². The van der Waals surface area contributed by atoms with Gasteiger partial charge in [-0.2, -0.15) is 0 Å². The van der Waals surface area contributed by atoms with E-state index in [-0.39, 0.29) is 4.90 Å². The smallest absolute Gasteiger partial charge is 0.264 e. The number of hydrogen-bond donors (Lipinski definition) is 1. The Hall–Kier alpha value is -2.68. The summed E-state index contributed by atoms with van der Waals surface area (Å²) in [5, 5.41) is 8.06. The molecule has 7 nitrogen and oxygen atoms in total. The maximum Gasteiger partial charge on any atom is 0.264 e. The minimum absolute atomic E-state index is 0.157. The van der Waals surface area contributed by atoms with Gasteiger partial charge in [-0.05, 0) is 51.5 Å². The van der Waals surface area contributed by atoms with E-state index in [1.807, 2.05) is 18.4 Å². The summed E-state index contributed by atoms with van der Waals surface area (Å²) in [5.41, 5.74) is 2.51. The molecule has 0 spiro atoms. The fraction of sp³-hybridized carbons (Fsp3) is 0.368. The van der Waals surface area contributed by atoms with Crippen LogP contribution in [0.5, 0.6) is 0 Å². The molecule has 3 aromatic rings. The lowest BCUT2D eigenvalue weighted by atomic mass is 10.2. The molecule has 0 aliphatic heterocycles. The van der Waals surface area contributed by atoms with Crippen LogP contribution in [0.25, 0.3) is 11.6 Å². The number of benzene rings is 1. The van der Waals surface area contributed by atoms with Gasteiger partial charge in [0.1, 0.15) is 16.4 Å². The van der Waals surface area contributed by atoms with Gasteiger partial charge < -0.3 is 8.98 Å². The Morgan fingerprint density at radius 3 is 2.46 bits per heavy atom. The number of nitrogens with zero attached hydrogens (tertiary/aromatic N) is 3. The van der Waals surface area contributed by atoms with E-state index < -0.39 is 15.8 Å². The third-order valence-corrected chi connectivity index (χ3v) is 6.32. The fourth-order valence-corrected chi connectivity index (χ4v) is 4.99. The van der Waals surface area contributed by atoms with Crippen LogP contribution in [0.15, 0.2) is 27.5 Å². The Balaban J connectivity index is 2.13. The lowest BCUT2D eigenvalue weighted by Gasteiger charge is -2.12. The molecule has 1 aromatic carbocycles. The molecule has 1 N–H and O–H groups in total. The molecule has 0 radical (unpaired) electrons. The van der Waals surface area contributed by atoms with Gasteiger partial charge >= 0.3 is 0 Å². The van der Waals surface area contributed by atoms with E-state index in [1.165, 1.54) is 18.2 Å². The van der Waals surface area contributed by atoms with Gasteiger partial charge in [-0.25, -0.2) is 12.8 Å². The largest absolute Gasteiger partial charge is 0.419 e. The lowest BCUT2D eigenvalue weighted by Crippen LogP contribution is -2.15. The first-order chi connectivity index (χ1) is 13.2. The van der Waals surface area contributed by atoms with Crippen molar-refractivity contribution in [3.8, 4) is 11.6 Å². The molecule has 0 saturated heterocycles. The highest BCUT2D eigenvalue weighted by atomic mass is 32.2. The van der Waals surface area contributed by atoms with E-state index in [1.54, 1.807) is 20.8 Å². The van der Waals surface area contributed by atoms with Crippen molar-refractivity contribution >= 4 is 15.7 Å². The molecule has 0 aliphatic rings. The van der Waals surface area contributed by atoms with E-state index in [4.69, 9.17) is 4.42 Å². The molecule has 9 heteroatoms. The third kappa shape index (κ3) is 3.42. The van der Waals surface area contributed by atoms with Gasteiger partial charge in [0.05, 0.1) is 5.69 Å². The van der Waals surface area contributed by atoms with Crippen LogP contribution in [0, 0.1) is 26.6 Å². The third-order valence-electron chi connectivity index (χ3n) is 4.69. The Bertz CT molecular complexity index is 1130. The van der Waals surface area contributed by atoms with Crippen molar-refractivity contribution in [3.05, 3.63) is 46.7 Å². The molecule has 28 heavy (non-hydrogen) atoms. The van der Waals surface area contributed by atoms with Gasteiger partial charge in [-0.3, -0.25) is 4.72 Å². The van der Waals surface area contributed by atoms with E-state index in [2.05, 4.69) is 14.9 Å². The number of aryl methyl sites for hydroxylation is 2. The zero-order valence-electron chi connectivity index (χ0n) is 16.5. The predicted molar refractivity (Wildman–Crippen MR) is 104 cm³/mol. The van der Waals surface area contributed by atoms with Gasteiger partial charge in [0.25, 0.3) is 15.9 Å². The molecule has 0 amide bonds. The second-order valence-corrected chi connectivity index (χ2v) is 8.17. The normalized spacial score (nSPS) is 11.8. The monoisotopic (exact) mass is 406 g/mol. The Labute approximate surface area is 163 Å². The van der Waals surface area contributed by atoms with Gasteiger partial charge in [0.15, 0.2) is 0 Å². The number of hydrogen-bond acceptors (Lipinski definition) is 5. The summed E-state index contributed by atoms with van der Waals surface area (Å²) < 4.78 is 49.8. The standard InChI is InChI=1S/C19H23FN4O3S/c1-6-16-21-22-19(27-16)17-12(4)18(13(5)24(17)7-2)28(25,26)23-15-9-8-14(20)10-11(15)3/h8-10,23H,6-7H2,1-5H3. The van der Waals surface area contributed by atoms with E-state index in [9.17, 15) is 12.8 Å². The molecule has 0 bridgehead atoms. The van der Waals surface area contributed by atoms with Crippen LogP contribution in [0.3, 0.4) is 0 Å². The second-order valence-electron chi connectivity index (χ2n) is 6.55. The number of aromatic nitrogens is 3. The van der Waals surface area contributed by atoms with Crippen LogP contribution in [-0.2, 0) is 23.0 Å². The summed E-state index contributed by atoms with van der Waals surface area (Å²) in [5.74, 6) is 0.356.